The molecule has 0 aliphatic rings. The molecule has 0 aliphatic carbocycles. The Bertz CT molecular complexity index is 650. The van der Waals surface area contributed by atoms with E-state index >= 15 is 0 Å². The maximum atomic E-state index is 11.5. The fourth-order valence-corrected chi connectivity index (χ4v) is 2.62. The molecule has 0 atom stereocenters. The first kappa shape index (κ1) is 19.8. The Labute approximate surface area is 144 Å². The number of phenolic OH excluding ortho intramolecular Hbond substituents is 1. The van der Waals surface area contributed by atoms with Crippen LogP contribution >= 0.6 is 0 Å². The molecule has 0 aromatic heterocycles. The standard InChI is InChI=1S/C20H28O4/c1-5-7-15-12-17(21)16(19(22)18(15)20(23)24)11-10-14(4)9-6-8-13(2)3/h8,10,12,21-22H,5-7,9,11H2,1-4H3,(H,23,24)/b14-10+. The van der Waals surface area contributed by atoms with Crippen molar-refractivity contribution in [2.75, 3.05) is 0 Å². The van der Waals surface area contributed by atoms with Gasteiger partial charge < -0.3 is 15.3 Å². The van der Waals surface area contributed by atoms with E-state index in [4.69, 9.17) is 0 Å². The third kappa shape index (κ3) is 5.44. The minimum absolute atomic E-state index is 0.0469. The first-order valence-corrected chi connectivity index (χ1v) is 8.36. The molecule has 1 rings (SSSR count). The average molecular weight is 332 g/mol. The van der Waals surface area contributed by atoms with Crippen LogP contribution in [0.4, 0.5) is 0 Å². The van der Waals surface area contributed by atoms with E-state index in [1.807, 2.05) is 19.9 Å². The van der Waals surface area contributed by atoms with Gasteiger partial charge in [-0.25, -0.2) is 4.79 Å². The van der Waals surface area contributed by atoms with Crippen LogP contribution in [0.2, 0.25) is 0 Å². The van der Waals surface area contributed by atoms with Gasteiger partial charge in [-0.3, -0.25) is 0 Å². The van der Waals surface area contributed by atoms with Crippen molar-refractivity contribution >= 4 is 5.97 Å². The summed E-state index contributed by atoms with van der Waals surface area (Å²) in [6.07, 6.45) is 7.48. The van der Waals surface area contributed by atoms with Crippen LogP contribution in [0.15, 0.2) is 29.4 Å². The third-order valence-electron chi connectivity index (χ3n) is 3.94. The number of carboxylic acid groups (broad SMARTS) is 1. The highest BCUT2D eigenvalue weighted by Crippen LogP contribution is 2.35. The average Bonchev–Trinajstić information content (AvgIpc) is 2.46. The Kier molecular flexibility index (Phi) is 7.56. The largest absolute Gasteiger partial charge is 0.508 e. The second kappa shape index (κ2) is 9.16. The Hall–Kier alpha value is -2.23. The van der Waals surface area contributed by atoms with Crippen molar-refractivity contribution in [2.24, 2.45) is 0 Å². The van der Waals surface area contributed by atoms with Crippen molar-refractivity contribution < 1.29 is 20.1 Å². The number of rotatable bonds is 8. The van der Waals surface area contributed by atoms with Crippen LogP contribution in [0, 0.1) is 0 Å². The van der Waals surface area contributed by atoms with E-state index < -0.39 is 5.97 Å². The van der Waals surface area contributed by atoms with Gasteiger partial charge in [-0.2, -0.15) is 0 Å². The number of carboxylic acids is 1. The summed E-state index contributed by atoms with van der Waals surface area (Å²) >= 11 is 0. The predicted octanol–water partition coefficient (Wildman–Crippen LogP) is 4.98. The molecule has 0 radical (unpaired) electrons. The number of aromatic carboxylic acids is 1. The number of allylic oxidation sites excluding steroid dienone is 4. The second-order valence-corrected chi connectivity index (χ2v) is 6.39. The molecule has 1 aromatic carbocycles. The van der Waals surface area contributed by atoms with Gasteiger partial charge >= 0.3 is 5.97 Å². The van der Waals surface area contributed by atoms with Gasteiger partial charge in [0.25, 0.3) is 0 Å². The molecule has 0 heterocycles. The summed E-state index contributed by atoms with van der Waals surface area (Å²) < 4.78 is 0. The van der Waals surface area contributed by atoms with Crippen molar-refractivity contribution in [2.45, 2.75) is 59.8 Å². The lowest BCUT2D eigenvalue weighted by molar-refractivity contribution is 0.0692. The van der Waals surface area contributed by atoms with Crippen molar-refractivity contribution in [3.05, 3.63) is 46.1 Å². The molecular weight excluding hydrogens is 304 g/mol. The summed E-state index contributed by atoms with van der Waals surface area (Å²) in [6.45, 7) is 8.03. The predicted molar refractivity (Wildman–Crippen MR) is 96.9 cm³/mol. The van der Waals surface area contributed by atoms with E-state index in [0.29, 0.717) is 18.4 Å². The lowest BCUT2D eigenvalue weighted by Gasteiger charge is -2.13. The molecule has 0 bridgehead atoms. The molecule has 4 nitrogen and oxygen atoms in total. The highest BCUT2D eigenvalue weighted by atomic mass is 16.4. The molecule has 0 unspecified atom stereocenters. The van der Waals surface area contributed by atoms with E-state index in [-0.39, 0.29) is 22.6 Å². The summed E-state index contributed by atoms with van der Waals surface area (Å²) in [5, 5.41) is 29.9. The quantitative estimate of drug-likeness (QED) is 0.586. The highest BCUT2D eigenvalue weighted by molar-refractivity contribution is 5.93. The van der Waals surface area contributed by atoms with E-state index in [1.165, 1.54) is 11.6 Å². The molecule has 0 spiro atoms. The molecule has 0 amide bonds. The first-order valence-electron chi connectivity index (χ1n) is 8.36. The third-order valence-corrected chi connectivity index (χ3v) is 3.94. The fourth-order valence-electron chi connectivity index (χ4n) is 2.62. The van der Waals surface area contributed by atoms with E-state index in [2.05, 4.69) is 19.9 Å². The molecule has 0 fully saturated rings. The zero-order chi connectivity index (χ0) is 18.3. The molecule has 0 saturated carbocycles. The monoisotopic (exact) mass is 332 g/mol. The Morgan fingerprint density at radius 3 is 2.38 bits per heavy atom. The number of hydrogen-bond donors (Lipinski definition) is 3. The van der Waals surface area contributed by atoms with Gasteiger partial charge in [0.1, 0.15) is 17.1 Å². The van der Waals surface area contributed by atoms with Gasteiger partial charge in [-0.1, -0.05) is 36.6 Å². The summed E-state index contributed by atoms with van der Waals surface area (Å²) in [7, 11) is 0. The van der Waals surface area contributed by atoms with Crippen LogP contribution in [-0.4, -0.2) is 21.3 Å². The van der Waals surface area contributed by atoms with Gasteiger partial charge in [0.2, 0.25) is 0 Å². The Balaban J connectivity index is 3.05. The molecule has 24 heavy (non-hydrogen) atoms. The number of phenols is 2. The zero-order valence-electron chi connectivity index (χ0n) is 15.0. The van der Waals surface area contributed by atoms with Gasteiger partial charge in [-0.15, -0.1) is 0 Å². The molecule has 132 valence electrons. The van der Waals surface area contributed by atoms with Crippen LogP contribution in [0.25, 0.3) is 0 Å². The van der Waals surface area contributed by atoms with E-state index in [1.54, 1.807) is 0 Å². The summed E-state index contributed by atoms with van der Waals surface area (Å²) in [4.78, 5) is 11.5. The number of benzene rings is 1. The summed E-state index contributed by atoms with van der Waals surface area (Å²) in [6, 6.07) is 1.47. The maximum Gasteiger partial charge on any atom is 0.339 e. The minimum atomic E-state index is -1.17. The number of hydrogen-bond acceptors (Lipinski definition) is 3. The molecule has 0 saturated heterocycles. The molecule has 1 aromatic rings. The fraction of sp³-hybridized carbons (Fsp3) is 0.450. The molecule has 4 heteroatoms. The lowest BCUT2D eigenvalue weighted by Crippen LogP contribution is -2.05. The Morgan fingerprint density at radius 2 is 1.83 bits per heavy atom. The maximum absolute atomic E-state index is 11.5. The normalized spacial score (nSPS) is 11.4. The van der Waals surface area contributed by atoms with Crippen molar-refractivity contribution in [3.63, 3.8) is 0 Å². The number of carbonyl (C=O) groups is 1. The SMILES string of the molecule is CCCc1cc(O)c(C/C=C(\C)CCC=C(C)C)c(O)c1C(=O)O. The lowest BCUT2D eigenvalue weighted by atomic mass is 9.95. The number of aryl methyl sites for hydroxylation is 1. The van der Waals surface area contributed by atoms with Crippen LogP contribution in [0.1, 0.15) is 68.4 Å². The molecular formula is C20H28O4. The molecule has 3 N–H and O–H groups in total. The van der Waals surface area contributed by atoms with Crippen molar-refractivity contribution in [3.8, 4) is 11.5 Å². The van der Waals surface area contributed by atoms with Crippen LogP contribution in [0.3, 0.4) is 0 Å². The Morgan fingerprint density at radius 1 is 1.17 bits per heavy atom. The summed E-state index contributed by atoms with van der Waals surface area (Å²) in [5.74, 6) is -1.53. The van der Waals surface area contributed by atoms with Crippen molar-refractivity contribution in [1.82, 2.24) is 0 Å². The zero-order valence-corrected chi connectivity index (χ0v) is 15.0. The van der Waals surface area contributed by atoms with Crippen molar-refractivity contribution in [1.29, 1.82) is 0 Å². The molecule has 0 aliphatic heterocycles. The van der Waals surface area contributed by atoms with Crippen LogP contribution < -0.4 is 0 Å². The van der Waals surface area contributed by atoms with Gasteiger partial charge in [0, 0.05) is 5.56 Å². The topological polar surface area (TPSA) is 77.8 Å². The van der Waals surface area contributed by atoms with Crippen LogP contribution in [-0.2, 0) is 12.8 Å². The van der Waals surface area contributed by atoms with Gasteiger partial charge in [-0.05, 0) is 58.1 Å². The number of aromatic hydroxyl groups is 2. The van der Waals surface area contributed by atoms with E-state index in [9.17, 15) is 20.1 Å². The minimum Gasteiger partial charge on any atom is -0.508 e. The highest BCUT2D eigenvalue weighted by Gasteiger charge is 2.21. The van der Waals surface area contributed by atoms with Crippen LogP contribution in [0.5, 0.6) is 11.5 Å². The summed E-state index contributed by atoms with van der Waals surface area (Å²) in [5.41, 5.74) is 3.05. The van der Waals surface area contributed by atoms with E-state index in [0.717, 1.165) is 24.8 Å². The second-order valence-electron chi connectivity index (χ2n) is 6.39. The smallest absolute Gasteiger partial charge is 0.339 e. The van der Waals surface area contributed by atoms with Gasteiger partial charge in [0.05, 0.1) is 0 Å². The van der Waals surface area contributed by atoms with Gasteiger partial charge in [0.15, 0.2) is 0 Å². The first-order chi connectivity index (χ1) is 11.3.